The number of thiophene rings is 1. The number of carbonyl (C=O) groups excluding carboxylic acids is 2. The molecular weight excluding hydrogens is 332 g/mol. The quantitative estimate of drug-likeness (QED) is 0.807. The number of carboxylic acids is 1. The SMILES string of the molecule is CCN(CC(=O)O)C(=O)C(C)NC(=O)c1cc2c(C)nn(C)c2s1. The molecule has 0 aliphatic heterocycles. The van der Waals surface area contributed by atoms with E-state index in [1.807, 2.05) is 14.0 Å². The summed E-state index contributed by atoms with van der Waals surface area (Å²) in [5.41, 5.74) is 0.838. The summed E-state index contributed by atoms with van der Waals surface area (Å²) in [6, 6.07) is 0.949. The minimum atomic E-state index is -1.09. The van der Waals surface area contributed by atoms with E-state index in [2.05, 4.69) is 10.4 Å². The van der Waals surface area contributed by atoms with E-state index in [0.29, 0.717) is 4.88 Å². The van der Waals surface area contributed by atoms with Gasteiger partial charge in [-0.05, 0) is 26.8 Å². The van der Waals surface area contributed by atoms with E-state index < -0.39 is 17.9 Å². The molecule has 0 spiro atoms. The van der Waals surface area contributed by atoms with Crippen molar-refractivity contribution in [3.8, 4) is 0 Å². The number of nitrogens with one attached hydrogen (secondary N) is 1. The summed E-state index contributed by atoms with van der Waals surface area (Å²) in [5.74, 6) is -1.87. The Balaban J connectivity index is 2.10. The molecule has 8 nitrogen and oxygen atoms in total. The molecule has 2 aromatic rings. The van der Waals surface area contributed by atoms with Crippen molar-refractivity contribution in [1.29, 1.82) is 0 Å². The first-order chi connectivity index (χ1) is 11.2. The standard InChI is InChI=1S/C15H20N4O4S/c1-5-19(7-12(20)21)14(23)9(3)16-13(22)11-6-10-8(2)17-18(4)15(10)24-11/h6,9H,5,7H2,1-4H3,(H,16,22)(H,20,21). The maximum absolute atomic E-state index is 12.4. The topological polar surface area (TPSA) is 105 Å². The summed E-state index contributed by atoms with van der Waals surface area (Å²) in [6.07, 6.45) is 0. The smallest absolute Gasteiger partial charge is 0.323 e. The van der Waals surface area contributed by atoms with E-state index in [1.54, 1.807) is 24.6 Å². The molecule has 2 N–H and O–H groups in total. The Bertz CT molecular complexity index is 760. The van der Waals surface area contributed by atoms with Gasteiger partial charge >= 0.3 is 5.97 Å². The molecule has 1 atom stereocenters. The number of aliphatic carboxylic acids is 1. The summed E-state index contributed by atoms with van der Waals surface area (Å²) < 4.78 is 1.71. The van der Waals surface area contributed by atoms with E-state index in [4.69, 9.17) is 5.11 Å². The van der Waals surface area contributed by atoms with Crippen molar-refractivity contribution in [1.82, 2.24) is 20.0 Å². The maximum Gasteiger partial charge on any atom is 0.323 e. The molecule has 130 valence electrons. The first kappa shape index (κ1) is 17.9. The highest BCUT2D eigenvalue weighted by Crippen LogP contribution is 2.27. The molecule has 24 heavy (non-hydrogen) atoms. The van der Waals surface area contributed by atoms with Crippen LogP contribution < -0.4 is 5.32 Å². The van der Waals surface area contributed by atoms with Gasteiger partial charge in [-0.15, -0.1) is 11.3 Å². The van der Waals surface area contributed by atoms with Crippen molar-refractivity contribution in [2.24, 2.45) is 7.05 Å². The third kappa shape index (κ3) is 3.56. The Morgan fingerprint density at radius 2 is 2.12 bits per heavy atom. The molecule has 2 heterocycles. The van der Waals surface area contributed by atoms with Crippen LogP contribution in [0.5, 0.6) is 0 Å². The number of likely N-dealkylation sites (N-methyl/N-ethyl adjacent to an activating group) is 1. The van der Waals surface area contributed by atoms with Crippen LogP contribution in [0.4, 0.5) is 0 Å². The van der Waals surface area contributed by atoms with Crippen molar-refractivity contribution in [2.45, 2.75) is 26.8 Å². The second kappa shape index (κ2) is 7.00. The molecule has 0 bridgehead atoms. The van der Waals surface area contributed by atoms with E-state index in [1.165, 1.54) is 16.2 Å². The number of nitrogens with zero attached hydrogens (tertiary/aromatic N) is 3. The molecule has 0 aromatic carbocycles. The fraction of sp³-hybridized carbons (Fsp3) is 0.467. The van der Waals surface area contributed by atoms with Crippen LogP contribution in [0.3, 0.4) is 0 Å². The van der Waals surface area contributed by atoms with Crippen LogP contribution in [0.2, 0.25) is 0 Å². The van der Waals surface area contributed by atoms with Gasteiger partial charge in [0.1, 0.15) is 17.4 Å². The number of carboxylic acid groups (broad SMARTS) is 1. The Morgan fingerprint density at radius 3 is 2.67 bits per heavy atom. The summed E-state index contributed by atoms with van der Waals surface area (Å²) in [7, 11) is 1.81. The van der Waals surface area contributed by atoms with Gasteiger partial charge in [0.2, 0.25) is 5.91 Å². The van der Waals surface area contributed by atoms with Crippen LogP contribution in [-0.4, -0.2) is 56.7 Å². The molecule has 2 aromatic heterocycles. The number of aromatic nitrogens is 2. The Labute approximate surface area is 143 Å². The predicted octanol–water partition coefficient (Wildman–Crippen LogP) is 0.995. The molecule has 2 rings (SSSR count). The molecular formula is C15H20N4O4S. The van der Waals surface area contributed by atoms with Crippen LogP contribution in [0.15, 0.2) is 6.07 Å². The maximum atomic E-state index is 12.4. The van der Waals surface area contributed by atoms with E-state index >= 15 is 0 Å². The summed E-state index contributed by atoms with van der Waals surface area (Å²) >= 11 is 1.30. The average Bonchev–Trinajstić information content (AvgIpc) is 3.06. The van der Waals surface area contributed by atoms with Crippen molar-refractivity contribution in [3.63, 3.8) is 0 Å². The van der Waals surface area contributed by atoms with Gasteiger partial charge in [0, 0.05) is 19.0 Å². The minimum Gasteiger partial charge on any atom is -0.480 e. The normalized spacial score (nSPS) is 12.2. The lowest BCUT2D eigenvalue weighted by Gasteiger charge is -2.23. The van der Waals surface area contributed by atoms with Crippen molar-refractivity contribution >= 4 is 39.3 Å². The average molecular weight is 352 g/mol. The molecule has 0 saturated carbocycles. The van der Waals surface area contributed by atoms with E-state index in [9.17, 15) is 14.4 Å². The highest BCUT2D eigenvalue weighted by atomic mass is 32.1. The number of fused-ring (bicyclic) bond motifs is 1. The summed E-state index contributed by atoms with van der Waals surface area (Å²) in [4.78, 5) is 38.0. The molecule has 2 amide bonds. The van der Waals surface area contributed by atoms with Crippen molar-refractivity contribution in [2.75, 3.05) is 13.1 Å². The van der Waals surface area contributed by atoms with Gasteiger partial charge in [-0.3, -0.25) is 19.1 Å². The monoisotopic (exact) mass is 352 g/mol. The van der Waals surface area contributed by atoms with Crippen LogP contribution in [0, 0.1) is 6.92 Å². The van der Waals surface area contributed by atoms with E-state index in [-0.39, 0.29) is 19.0 Å². The van der Waals surface area contributed by atoms with Gasteiger partial charge in [0.05, 0.1) is 10.6 Å². The van der Waals surface area contributed by atoms with Gasteiger partial charge in [0.15, 0.2) is 0 Å². The van der Waals surface area contributed by atoms with Crippen molar-refractivity contribution in [3.05, 3.63) is 16.6 Å². The second-order valence-electron chi connectivity index (χ2n) is 5.48. The highest BCUT2D eigenvalue weighted by Gasteiger charge is 2.24. The molecule has 0 saturated heterocycles. The molecule has 0 fully saturated rings. The minimum absolute atomic E-state index is 0.263. The van der Waals surface area contributed by atoms with E-state index in [0.717, 1.165) is 15.9 Å². The summed E-state index contributed by atoms with van der Waals surface area (Å²) in [6.45, 7) is 4.98. The van der Waals surface area contributed by atoms with Gasteiger partial charge in [-0.2, -0.15) is 5.10 Å². The predicted molar refractivity (Wildman–Crippen MR) is 90.1 cm³/mol. The van der Waals surface area contributed by atoms with Crippen LogP contribution in [0.25, 0.3) is 10.2 Å². The number of rotatable bonds is 6. The molecule has 1 unspecified atom stereocenters. The zero-order valence-electron chi connectivity index (χ0n) is 14.0. The zero-order chi connectivity index (χ0) is 18.0. The first-order valence-corrected chi connectivity index (χ1v) is 8.30. The van der Waals surface area contributed by atoms with Crippen LogP contribution >= 0.6 is 11.3 Å². The number of hydrogen-bond acceptors (Lipinski definition) is 5. The number of carbonyl (C=O) groups is 3. The summed E-state index contributed by atoms with van der Waals surface area (Å²) in [5, 5.41) is 16.6. The Morgan fingerprint density at radius 1 is 1.46 bits per heavy atom. The lowest BCUT2D eigenvalue weighted by molar-refractivity contribution is -0.144. The molecule has 9 heteroatoms. The third-order valence-corrected chi connectivity index (χ3v) is 4.86. The fourth-order valence-electron chi connectivity index (χ4n) is 2.43. The number of aryl methyl sites for hydroxylation is 2. The lowest BCUT2D eigenvalue weighted by Crippen LogP contribution is -2.48. The number of amides is 2. The van der Waals surface area contributed by atoms with Crippen LogP contribution in [0.1, 0.15) is 29.2 Å². The Hall–Kier alpha value is -2.42. The van der Waals surface area contributed by atoms with Gasteiger partial charge < -0.3 is 15.3 Å². The largest absolute Gasteiger partial charge is 0.480 e. The Kier molecular flexibility index (Phi) is 5.23. The first-order valence-electron chi connectivity index (χ1n) is 7.49. The van der Waals surface area contributed by atoms with Gasteiger partial charge in [0.25, 0.3) is 5.91 Å². The van der Waals surface area contributed by atoms with Gasteiger partial charge in [-0.25, -0.2) is 0 Å². The zero-order valence-corrected chi connectivity index (χ0v) is 14.8. The molecule has 0 aliphatic carbocycles. The fourth-order valence-corrected chi connectivity index (χ4v) is 3.46. The van der Waals surface area contributed by atoms with Gasteiger partial charge in [-0.1, -0.05) is 0 Å². The third-order valence-electron chi connectivity index (χ3n) is 3.66. The lowest BCUT2D eigenvalue weighted by atomic mass is 10.2. The van der Waals surface area contributed by atoms with Crippen LogP contribution in [-0.2, 0) is 16.6 Å². The highest BCUT2D eigenvalue weighted by molar-refractivity contribution is 7.20. The second-order valence-corrected chi connectivity index (χ2v) is 6.51. The number of hydrogen-bond donors (Lipinski definition) is 2. The van der Waals surface area contributed by atoms with Crippen molar-refractivity contribution < 1.29 is 19.5 Å². The molecule has 0 radical (unpaired) electrons. The molecule has 0 aliphatic rings.